The summed E-state index contributed by atoms with van der Waals surface area (Å²) in [5, 5.41) is 11.8. The molecule has 1 heterocycles. The lowest BCUT2D eigenvalue weighted by Gasteiger charge is -2.26. The van der Waals surface area contributed by atoms with Crippen LogP contribution in [0.25, 0.3) is 0 Å². The monoisotopic (exact) mass is 244 g/mol. The molecule has 0 amide bonds. The maximum atomic E-state index is 11.3. The van der Waals surface area contributed by atoms with Crippen LogP contribution in [0, 0.1) is 0 Å². The SMILES string of the molecule is COC(=O)C(C)(O)CN(C)Cc1cscn1. The topological polar surface area (TPSA) is 62.7 Å². The zero-order valence-corrected chi connectivity index (χ0v) is 10.5. The fourth-order valence-electron chi connectivity index (χ4n) is 1.46. The van der Waals surface area contributed by atoms with E-state index in [1.165, 1.54) is 25.4 Å². The number of esters is 1. The Bertz CT molecular complexity index is 338. The molecule has 0 radical (unpaired) electrons. The predicted octanol–water partition coefficient (Wildman–Crippen LogP) is 0.499. The molecule has 1 rings (SSSR count). The molecule has 16 heavy (non-hydrogen) atoms. The summed E-state index contributed by atoms with van der Waals surface area (Å²) < 4.78 is 4.52. The Morgan fingerprint density at radius 2 is 2.44 bits per heavy atom. The second-order valence-corrected chi connectivity index (χ2v) is 4.64. The van der Waals surface area contributed by atoms with Crippen molar-refractivity contribution in [1.29, 1.82) is 0 Å². The Morgan fingerprint density at radius 1 is 1.75 bits per heavy atom. The van der Waals surface area contributed by atoms with Crippen LogP contribution in [0.5, 0.6) is 0 Å². The van der Waals surface area contributed by atoms with Crippen LogP contribution in [0.2, 0.25) is 0 Å². The van der Waals surface area contributed by atoms with E-state index in [4.69, 9.17) is 0 Å². The summed E-state index contributed by atoms with van der Waals surface area (Å²) in [6.07, 6.45) is 0. The molecule has 1 unspecified atom stereocenters. The normalized spacial score (nSPS) is 14.8. The minimum Gasteiger partial charge on any atom is -0.467 e. The smallest absolute Gasteiger partial charge is 0.338 e. The average molecular weight is 244 g/mol. The van der Waals surface area contributed by atoms with Gasteiger partial charge in [0.15, 0.2) is 5.60 Å². The molecule has 1 aromatic rings. The largest absolute Gasteiger partial charge is 0.467 e. The van der Waals surface area contributed by atoms with Crippen LogP contribution in [-0.4, -0.2) is 47.3 Å². The summed E-state index contributed by atoms with van der Waals surface area (Å²) in [4.78, 5) is 17.2. The van der Waals surface area contributed by atoms with Crippen LogP contribution < -0.4 is 0 Å². The van der Waals surface area contributed by atoms with E-state index in [1.807, 2.05) is 17.3 Å². The molecule has 0 fully saturated rings. The molecule has 0 aliphatic rings. The average Bonchev–Trinajstić information content (AvgIpc) is 2.67. The number of methoxy groups -OCH3 is 1. The first-order chi connectivity index (χ1) is 7.45. The zero-order valence-electron chi connectivity index (χ0n) is 9.64. The van der Waals surface area contributed by atoms with Gasteiger partial charge in [-0.1, -0.05) is 0 Å². The van der Waals surface area contributed by atoms with Gasteiger partial charge in [0.25, 0.3) is 0 Å². The number of hydrogen-bond acceptors (Lipinski definition) is 6. The van der Waals surface area contributed by atoms with Gasteiger partial charge >= 0.3 is 5.97 Å². The van der Waals surface area contributed by atoms with Gasteiger partial charge in [-0.3, -0.25) is 4.90 Å². The van der Waals surface area contributed by atoms with Gasteiger partial charge in [-0.2, -0.15) is 0 Å². The van der Waals surface area contributed by atoms with Crippen molar-refractivity contribution in [2.75, 3.05) is 20.7 Å². The standard InChI is InChI=1S/C10H16N2O3S/c1-10(14,9(13)15-3)6-12(2)4-8-5-16-7-11-8/h5,7,14H,4,6H2,1-3H3. The summed E-state index contributed by atoms with van der Waals surface area (Å²) >= 11 is 1.52. The molecular formula is C10H16N2O3S. The number of nitrogens with zero attached hydrogens (tertiary/aromatic N) is 2. The van der Waals surface area contributed by atoms with Crippen molar-refractivity contribution >= 4 is 17.3 Å². The Kier molecular flexibility index (Phi) is 4.40. The van der Waals surface area contributed by atoms with Crippen molar-refractivity contribution in [2.45, 2.75) is 19.1 Å². The van der Waals surface area contributed by atoms with Crippen molar-refractivity contribution in [1.82, 2.24) is 9.88 Å². The van der Waals surface area contributed by atoms with Gasteiger partial charge in [0.05, 0.1) is 18.3 Å². The highest BCUT2D eigenvalue weighted by Crippen LogP contribution is 2.10. The third kappa shape index (κ3) is 3.55. The number of hydrogen-bond donors (Lipinski definition) is 1. The number of aliphatic hydroxyl groups is 1. The van der Waals surface area contributed by atoms with Crippen molar-refractivity contribution < 1.29 is 14.6 Å². The maximum Gasteiger partial charge on any atom is 0.338 e. The maximum absolute atomic E-state index is 11.3. The Balaban J connectivity index is 2.50. The van der Waals surface area contributed by atoms with E-state index in [0.717, 1.165) is 5.69 Å². The van der Waals surface area contributed by atoms with E-state index >= 15 is 0 Å². The number of thiazole rings is 1. The van der Waals surface area contributed by atoms with Gasteiger partial charge in [-0.25, -0.2) is 9.78 Å². The van der Waals surface area contributed by atoms with E-state index in [2.05, 4.69) is 9.72 Å². The minimum absolute atomic E-state index is 0.206. The van der Waals surface area contributed by atoms with E-state index in [-0.39, 0.29) is 6.54 Å². The van der Waals surface area contributed by atoms with Gasteiger partial charge in [0.1, 0.15) is 0 Å². The first-order valence-electron chi connectivity index (χ1n) is 4.82. The second kappa shape index (κ2) is 5.38. The molecule has 6 heteroatoms. The molecule has 0 saturated heterocycles. The van der Waals surface area contributed by atoms with E-state index in [1.54, 1.807) is 5.51 Å². The zero-order chi connectivity index (χ0) is 12.2. The Morgan fingerprint density at radius 3 is 2.94 bits per heavy atom. The minimum atomic E-state index is -1.49. The summed E-state index contributed by atoms with van der Waals surface area (Å²) in [6.45, 7) is 2.24. The highest BCUT2D eigenvalue weighted by molar-refractivity contribution is 7.07. The lowest BCUT2D eigenvalue weighted by Crippen LogP contribution is -2.46. The number of carbonyl (C=O) groups is 1. The summed E-state index contributed by atoms with van der Waals surface area (Å²) in [7, 11) is 3.08. The Labute approximate surface area is 98.7 Å². The molecule has 5 nitrogen and oxygen atoms in total. The summed E-state index contributed by atoms with van der Waals surface area (Å²) in [5.74, 6) is -0.627. The van der Waals surface area contributed by atoms with Gasteiger partial charge < -0.3 is 9.84 Å². The molecule has 1 atom stereocenters. The third-order valence-electron chi connectivity index (χ3n) is 2.12. The molecule has 1 aromatic heterocycles. The first kappa shape index (κ1) is 13.1. The molecule has 1 N–H and O–H groups in total. The van der Waals surface area contributed by atoms with Crippen LogP contribution in [0.4, 0.5) is 0 Å². The fourth-order valence-corrected chi connectivity index (χ4v) is 2.01. The Hall–Kier alpha value is -0.980. The fraction of sp³-hybridized carbons (Fsp3) is 0.600. The first-order valence-corrected chi connectivity index (χ1v) is 5.76. The van der Waals surface area contributed by atoms with Crippen LogP contribution in [-0.2, 0) is 16.1 Å². The van der Waals surface area contributed by atoms with Crippen LogP contribution in [0.15, 0.2) is 10.9 Å². The number of aromatic nitrogens is 1. The van der Waals surface area contributed by atoms with Crippen molar-refractivity contribution in [3.63, 3.8) is 0 Å². The molecule has 90 valence electrons. The number of likely N-dealkylation sites (N-methyl/N-ethyl adjacent to an activating group) is 1. The van der Waals surface area contributed by atoms with Crippen molar-refractivity contribution in [3.05, 3.63) is 16.6 Å². The molecule has 0 aliphatic heterocycles. The molecule has 0 aliphatic carbocycles. The van der Waals surface area contributed by atoms with E-state index in [9.17, 15) is 9.90 Å². The highest BCUT2D eigenvalue weighted by Gasteiger charge is 2.32. The summed E-state index contributed by atoms with van der Waals surface area (Å²) in [5.41, 5.74) is 1.19. The molecule has 0 saturated carbocycles. The molecular weight excluding hydrogens is 228 g/mol. The van der Waals surface area contributed by atoms with Gasteiger partial charge in [-0.15, -0.1) is 11.3 Å². The van der Waals surface area contributed by atoms with Crippen LogP contribution in [0.3, 0.4) is 0 Å². The summed E-state index contributed by atoms with van der Waals surface area (Å²) in [6, 6.07) is 0. The highest BCUT2D eigenvalue weighted by atomic mass is 32.1. The van der Waals surface area contributed by atoms with Crippen molar-refractivity contribution in [2.24, 2.45) is 0 Å². The molecule has 0 bridgehead atoms. The van der Waals surface area contributed by atoms with Crippen molar-refractivity contribution in [3.8, 4) is 0 Å². The quantitative estimate of drug-likeness (QED) is 0.764. The molecule has 0 spiro atoms. The number of carbonyl (C=O) groups excluding carboxylic acids is 1. The van der Waals surface area contributed by atoms with E-state index < -0.39 is 11.6 Å². The second-order valence-electron chi connectivity index (χ2n) is 3.92. The number of rotatable bonds is 5. The van der Waals surface area contributed by atoms with Gasteiger partial charge in [-0.05, 0) is 14.0 Å². The third-order valence-corrected chi connectivity index (χ3v) is 2.75. The lowest BCUT2D eigenvalue weighted by molar-refractivity contribution is -0.162. The van der Waals surface area contributed by atoms with Gasteiger partial charge in [0.2, 0.25) is 0 Å². The van der Waals surface area contributed by atoms with Gasteiger partial charge in [0, 0.05) is 18.5 Å². The predicted molar refractivity (Wildman–Crippen MR) is 61.1 cm³/mol. The lowest BCUT2D eigenvalue weighted by atomic mass is 10.1. The van der Waals surface area contributed by atoms with E-state index in [0.29, 0.717) is 6.54 Å². The number of ether oxygens (including phenoxy) is 1. The molecule has 0 aromatic carbocycles. The van der Waals surface area contributed by atoms with Crippen LogP contribution in [0.1, 0.15) is 12.6 Å². The van der Waals surface area contributed by atoms with Crippen LogP contribution >= 0.6 is 11.3 Å².